The highest BCUT2D eigenvalue weighted by Crippen LogP contribution is 2.36. The van der Waals surface area contributed by atoms with E-state index >= 15 is 0 Å². The summed E-state index contributed by atoms with van der Waals surface area (Å²) in [6.45, 7) is 4.71. The maximum Gasteiger partial charge on any atom is 0.325 e. The number of oxazole rings is 1. The van der Waals surface area contributed by atoms with Crippen LogP contribution >= 0.6 is 0 Å². The first kappa shape index (κ1) is 24.7. The standard InChI is InChI=1S/C30H29FN2O4/c1-19-16-23-10-13-25(36-15-14-27-20(2)37-29(32-27)22-6-4-3-5-7-22)17-26(23)28(30(34)35)33(19)18-21-8-11-24(31)12-9-21/h3-13,17,19,28H,14-16,18H2,1-2H3,(H,34,35)/t19-,28?/m0/s1. The molecule has 3 aromatic carbocycles. The molecule has 1 N–H and O–H groups in total. The van der Waals surface area contributed by atoms with E-state index in [0.717, 1.165) is 40.1 Å². The zero-order valence-corrected chi connectivity index (χ0v) is 20.9. The van der Waals surface area contributed by atoms with Crippen LogP contribution in [0.4, 0.5) is 4.39 Å². The van der Waals surface area contributed by atoms with E-state index in [0.29, 0.717) is 31.2 Å². The average molecular weight is 501 g/mol. The van der Waals surface area contributed by atoms with Crippen LogP contribution in [0.15, 0.2) is 77.2 Å². The first-order valence-corrected chi connectivity index (χ1v) is 12.4. The number of hydrogen-bond acceptors (Lipinski definition) is 5. The number of ether oxygens (including phenoxy) is 1. The van der Waals surface area contributed by atoms with E-state index in [2.05, 4.69) is 4.98 Å². The molecule has 1 aromatic heterocycles. The van der Waals surface area contributed by atoms with Gasteiger partial charge < -0.3 is 14.3 Å². The van der Waals surface area contributed by atoms with Crippen LogP contribution in [0, 0.1) is 12.7 Å². The van der Waals surface area contributed by atoms with E-state index in [1.807, 2.05) is 67.3 Å². The fraction of sp³-hybridized carbons (Fsp3) is 0.267. The van der Waals surface area contributed by atoms with E-state index in [9.17, 15) is 14.3 Å². The molecule has 2 heterocycles. The number of carbonyl (C=O) groups is 1. The molecule has 0 fully saturated rings. The summed E-state index contributed by atoms with van der Waals surface area (Å²) in [5, 5.41) is 10.2. The molecule has 0 aliphatic carbocycles. The highest BCUT2D eigenvalue weighted by Gasteiger charge is 2.37. The SMILES string of the molecule is Cc1oc(-c2ccccc2)nc1CCOc1ccc2c(c1)C(C(=O)O)N(Cc1ccc(F)cc1)[C@@H](C)C2. The highest BCUT2D eigenvalue weighted by atomic mass is 19.1. The fourth-order valence-corrected chi connectivity index (χ4v) is 4.92. The second kappa shape index (κ2) is 10.6. The van der Waals surface area contributed by atoms with Crippen molar-refractivity contribution in [1.29, 1.82) is 0 Å². The number of aryl methyl sites for hydroxylation is 1. The van der Waals surface area contributed by atoms with Crippen molar-refractivity contribution in [2.24, 2.45) is 0 Å². The minimum Gasteiger partial charge on any atom is -0.493 e. The average Bonchev–Trinajstić information content (AvgIpc) is 3.26. The Bertz CT molecular complexity index is 1380. The molecule has 1 aliphatic rings. The van der Waals surface area contributed by atoms with Gasteiger partial charge in [0, 0.05) is 24.6 Å². The summed E-state index contributed by atoms with van der Waals surface area (Å²) >= 11 is 0. The first-order chi connectivity index (χ1) is 17.9. The Morgan fingerprint density at radius 1 is 1.14 bits per heavy atom. The van der Waals surface area contributed by atoms with Crippen molar-refractivity contribution in [2.75, 3.05) is 6.61 Å². The summed E-state index contributed by atoms with van der Waals surface area (Å²) in [7, 11) is 0. The van der Waals surface area contributed by atoms with Gasteiger partial charge in [0.05, 0.1) is 12.3 Å². The molecule has 2 atom stereocenters. The number of rotatable bonds is 8. The molecule has 0 spiro atoms. The number of aliphatic carboxylic acids is 1. The van der Waals surface area contributed by atoms with Crippen LogP contribution < -0.4 is 4.74 Å². The lowest BCUT2D eigenvalue weighted by molar-refractivity contribution is -0.145. The Labute approximate surface area is 215 Å². The lowest BCUT2D eigenvalue weighted by atomic mass is 9.88. The molecule has 1 aliphatic heterocycles. The summed E-state index contributed by atoms with van der Waals surface area (Å²) < 4.78 is 25.2. The molecule has 0 bridgehead atoms. The van der Waals surface area contributed by atoms with Gasteiger partial charge in [0.25, 0.3) is 0 Å². The highest BCUT2D eigenvalue weighted by molar-refractivity contribution is 5.77. The molecule has 0 saturated heterocycles. The van der Waals surface area contributed by atoms with Crippen molar-refractivity contribution in [3.63, 3.8) is 0 Å². The van der Waals surface area contributed by atoms with Gasteiger partial charge in [0.15, 0.2) is 0 Å². The Balaban J connectivity index is 1.30. The minimum atomic E-state index is -0.918. The summed E-state index contributed by atoms with van der Waals surface area (Å²) in [5.41, 5.74) is 4.36. The van der Waals surface area contributed by atoms with E-state index < -0.39 is 12.0 Å². The van der Waals surface area contributed by atoms with Crippen LogP contribution in [0.1, 0.15) is 41.1 Å². The maximum atomic E-state index is 13.4. The van der Waals surface area contributed by atoms with Crippen molar-refractivity contribution in [3.05, 3.63) is 107 Å². The normalized spacial score (nSPS) is 17.4. The molecular formula is C30H29FN2O4. The van der Waals surface area contributed by atoms with Crippen LogP contribution in [0.25, 0.3) is 11.5 Å². The summed E-state index contributed by atoms with van der Waals surface area (Å²) in [6, 6.07) is 20.8. The molecule has 5 rings (SSSR count). The van der Waals surface area contributed by atoms with Crippen LogP contribution in [0.3, 0.4) is 0 Å². The van der Waals surface area contributed by atoms with E-state index in [4.69, 9.17) is 9.15 Å². The predicted molar refractivity (Wildman–Crippen MR) is 138 cm³/mol. The third-order valence-corrected chi connectivity index (χ3v) is 6.86. The van der Waals surface area contributed by atoms with Crippen molar-refractivity contribution in [2.45, 2.75) is 45.3 Å². The van der Waals surface area contributed by atoms with Gasteiger partial charge in [-0.05, 0) is 73.4 Å². The van der Waals surface area contributed by atoms with E-state index in [1.165, 1.54) is 12.1 Å². The van der Waals surface area contributed by atoms with Crippen LogP contribution in [0.2, 0.25) is 0 Å². The molecule has 7 heteroatoms. The van der Waals surface area contributed by atoms with Crippen LogP contribution in [-0.4, -0.2) is 33.6 Å². The monoisotopic (exact) mass is 500 g/mol. The Morgan fingerprint density at radius 2 is 1.89 bits per heavy atom. The number of carboxylic acids is 1. The third-order valence-electron chi connectivity index (χ3n) is 6.86. The summed E-state index contributed by atoms with van der Waals surface area (Å²) in [5.74, 6) is 0.727. The zero-order chi connectivity index (χ0) is 25.9. The minimum absolute atomic E-state index is 0.0133. The molecule has 0 saturated carbocycles. The van der Waals surface area contributed by atoms with Gasteiger partial charge in [0.2, 0.25) is 5.89 Å². The van der Waals surface area contributed by atoms with Crippen LogP contribution in [-0.2, 0) is 24.2 Å². The topological polar surface area (TPSA) is 75.8 Å². The Kier molecular flexibility index (Phi) is 7.06. The molecule has 0 radical (unpaired) electrons. The maximum absolute atomic E-state index is 13.4. The van der Waals surface area contributed by atoms with E-state index in [-0.39, 0.29) is 11.9 Å². The van der Waals surface area contributed by atoms with Crippen molar-refractivity contribution >= 4 is 5.97 Å². The van der Waals surface area contributed by atoms with Gasteiger partial charge in [-0.1, -0.05) is 36.4 Å². The van der Waals surface area contributed by atoms with Crippen molar-refractivity contribution in [3.8, 4) is 17.2 Å². The second-order valence-corrected chi connectivity index (χ2v) is 9.44. The van der Waals surface area contributed by atoms with Gasteiger partial charge in [-0.3, -0.25) is 9.69 Å². The molecular weight excluding hydrogens is 471 g/mol. The number of benzene rings is 3. The fourth-order valence-electron chi connectivity index (χ4n) is 4.92. The molecule has 190 valence electrons. The largest absolute Gasteiger partial charge is 0.493 e. The van der Waals surface area contributed by atoms with Gasteiger partial charge in [-0.15, -0.1) is 0 Å². The molecule has 4 aromatic rings. The number of fused-ring (bicyclic) bond motifs is 1. The van der Waals surface area contributed by atoms with Crippen molar-refractivity contribution in [1.82, 2.24) is 9.88 Å². The smallest absolute Gasteiger partial charge is 0.325 e. The van der Waals surface area contributed by atoms with Gasteiger partial charge in [-0.2, -0.15) is 0 Å². The van der Waals surface area contributed by atoms with Crippen molar-refractivity contribution < 1.29 is 23.4 Å². The number of hydrogen-bond donors (Lipinski definition) is 1. The summed E-state index contributed by atoms with van der Waals surface area (Å²) in [6.07, 6.45) is 1.29. The summed E-state index contributed by atoms with van der Waals surface area (Å²) in [4.78, 5) is 19.0. The zero-order valence-electron chi connectivity index (χ0n) is 20.9. The lowest BCUT2D eigenvalue weighted by Crippen LogP contribution is -2.44. The molecule has 0 amide bonds. The van der Waals surface area contributed by atoms with Crippen LogP contribution in [0.5, 0.6) is 5.75 Å². The number of aromatic nitrogens is 1. The first-order valence-electron chi connectivity index (χ1n) is 12.4. The van der Waals surface area contributed by atoms with Gasteiger partial charge in [-0.25, -0.2) is 9.37 Å². The number of nitrogens with zero attached hydrogens (tertiary/aromatic N) is 2. The quantitative estimate of drug-likeness (QED) is 0.321. The predicted octanol–water partition coefficient (Wildman–Crippen LogP) is 5.98. The third kappa shape index (κ3) is 5.42. The lowest BCUT2D eigenvalue weighted by Gasteiger charge is -2.40. The van der Waals surface area contributed by atoms with Gasteiger partial charge >= 0.3 is 5.97 Å². The Hall–Kier alpha value is -3.97. The number of carboxylic acid groups (broad SMARTS) is 1. The van der Waals surface area contributed by atoms with Gasteiger partial charge in [0.1, 0.15) is 23.4 Å². The number of halogens is 1. The molecule has 1 unspecified atom stereocenters. The molecule has 37 heavy (non-hydrogen) atoms. The molecule has 6 nitrogen and oxygen atoms in total. The second-order valence-electron chi connectivity index (χ2n) is 9.44. The Morgan fingerprint density at radius 3 is 2.62 bits per heavy atom. The van der Waals surface area contributed by atoms with E-state index in [1.54, 1.807) is 12.1 Å².